The number of carbonyl (C=O) groups is 1. The van der Waals surface area contributed by atoms with E-state index in [0.717, 1.165) is 51.2 Å². The third-order valence-corrected chi connectivity index (χ3v) is 8.05. The fourth-order valence-corrected chi connectivity index (χ4v) is 6.26. The summed E-state index contributed by atoms with van der Waals surface area (Å²) in [5, 5.41) is 4.15. The van der Waals surface area contributed by atoms with Crippen molar-refractivity contribution in [2.45, 2.75) is 18.8 Å². The topological polar surface area (TPSA) is 46.1 Å². The number of thiophene rings is 1. The zero-order valence-corrected chi connectivity index (χ0v) is 16.9. The molecule has 1 unspecified atom stereocenters. The van der Waals surface area contributed by atoms with Gasteiger partial charge in [0.2, 0.25) is 0 Å². The molecule has 1 fully saturated rings. The molecule has 27 heavy (non-hydrogen) atoms. The number of carbonyl (C=O) groups excluding carboxylic acids is 1. The molecule has 4 nitrogen and oxygen atoms in total. The van der Waals surface area contributed by atoms with Crippen LogP contribution in [0.1, 0.15) is 33.4 Å². The molecule has 1 amide bonds. The van der Waals surface area contributed by atoms with Gasteiger partial charge in [0.1, 0.15) is 5.01 Å². The monoisotopic (exact) mass is 411 g/mol. The van der Waals surface area contributed by atoms with Crippen molar-refractivity contribution in [3.63, 3.8) is 0 Å². The molecule has 0 aliphatic carbocycles. The summed E-state index contributed by atoms with van der Waals surface area (Å²) in [6.07, 6.45) is 4.00. The second-order valence-corrected chi connectivity index (χ2v) is 9.65. The van der Waals surface area contributed by atoms with Crippen LogP contribution in [-0.4, -0.2) is 33.9 Å². The largest absolute Gasteiger partial charge is 0.337 e. The van der Waals surface area contributed by atoms with Crippen LogP contribution >= 0.6 is 34.0 Å². The lowest BCUT2D eigenvalue weighted by atomic mass is 9.98. The average molecular weight is 412 g/mol. The number of amides is 1. The van der Waals surface area contributed by atoms with Gasteiger partial charge in [-0.15, -0.1) is 34.0 Å². The van der Waals surface area contributed by atoms with Crippen LogP contribution in [0.25, 0.3) is 20.1 Å². The molecule has 1 aromatic carbocycles. The Morgan fingerprint density at radius 3 is 2.93 bits per heavy atom. The van der Waals surface area contributed by atoms with E-state index in [0.29, 0.717) is 5.92 Å². The number of nitrogens with zero attached hydrogens (tertiary/aromatic N) is 3. The van der Waals surface area contributed by atoms with Gasteiger partial charge in [-0.05, 0) is 37.1 Å². The summed E-state index contributed by atoms with van der Waals surface area (Å²) in [4.78, 5) is 26.0. The third kappa shape index (κ3) is 3.31. The van der Waals surface area contributed by atoms with Crippen molar-refractivity contribution < 1.29 is 4.79 Å². The number of para-hydroxylation sites is 1. The van der Waals surface area contributed by atoms with Gasteiger partial charge < -0.3 is 4.90 Å². The summed E-state index contributed by atoms with van der Waals surface area (Å²) < 4.78 is 1.18. The highest BCUT2D eigenvalue weighted by molar-refractivity contribution is 7.26. The highest BCUT2D eigenvalue weighted by atomic mass is 32.1. The highest BCUT2D eigenvalue weighted by Crippen LogP contribution is 2.35. The third-order valence-electron chi connectivity index (χ3n) is 4.83. The zero-order chi connectivity index (χ0) is 18.2. The van der Waals surface area contributed by atoms with Crippen LogP contribution in [0.15, 0.2) is 48.0 Å². The summed E-state index contributed by atoms with van der Waals surface area (Å²) in [5.74, 6) is 0.500. The maximum Gasteiger partial charge on any atom is 0.263 e. The number of hydrogen-bond acceptors (Lipinski definition) is 6. The van der Waals surface area contributed by atoms with E-state index in [-0.39, 0.29) is 5.91 Å². The Morgan fingerprint density at radius 1 is 1.15 bits per heavy atom. The fourth-order valence-electron chi connectivity index (χ4n) is 3.50. The lowest BCUT2D eigenvalue weighted by Crippen LogP contribution is -2.38. The van der Waals surface area contributed by atoms with Crippen LogP contribution in [0.2, 0.25) is 0 Å². The first kappa shape index (κ1) is 17.0. The first-order valence-electron chi connectivity index (χ1n) is 8.92. The minimum Gasteiger partial charge on any atom is -0.337 e. The van der Waals surface area contributed by atoms with E-state index in [1.807, 2.05) is 46.8 Å². The molecule has 7 heteroatoms. The van der Waals surface area contributed by atoms with Crippen molar-refractivity contribution in [2.24, 2.45) is 0 Å². The second-order valence-electron chi connectivity index (χ2n) is 6.61. The van der Waals surface area contributed by atoms with Gasteiger partial charge in [0.25, 0.3) is 5.91 Å². The molecule has 5 rings (SSSR count). The Labute approximate surface area is 169 Å². The Kier molecular flexibility index (Phi) is 4.51. The molecule has 1 atom stereocenters. The number of benzene rings is 1. The number of hydrogen-bond donors (Lipinski definition) is 0. The van der Waals surface area contributed by atoms with Crippen LogP contribution in [-0.2, 0) is 0 Å². The van der Waals surface area contributed by atoms with Gasteiger partial charge in [-0.25, -0.2) is 9.97 Å². The molecule has 4 aromatic rings. The first-order valence-corrected chi connectivity index (χ1v) is 11.4. The van der Waals surface area contributed by atoms with E-state index in [1.54, 1.807) is 34.0 Å². The Hall–Kier alpha value is -2.09. The van der Waals surface area contributed by atoms with E-state index < -0.39 is 0 Å². The Morgan fingerprint density at radius 2 is 2.07 bits per heavy atom. The van der Waals surface area contributed by atoms with E-state index in [2.05, 4.69) is 11.1 Å². The van der Waals surface area contributed by atoms with Gasteiger partial charge in [0.05, 0.1) is 25.0 Å². The van der Waals surface area contributed by atoms with Crippen molar-refractivity contribution >= 4 is 50.1 Å². The minimum absolute atomic E-state index is 0.133. The van der Waals surface area contributed by atoms with Crippen molar-refractivity contribution in [3.05, 3.63) is 57.9 Å². The fraction of sp³-hybridized carbons (Fsp3) is 0.250. The van der Waals surface area contributed by atoms with Gasteiger partial charge in [0, 0.05) is 30.6 Å². The maximum absolute atomic E-state index is 13.0. The lowest BCUT2D eigenvalue weighted by Gasteiger charge is -2.31. The SMILES string of the molecule is O=C(c1ccc(-c2nc3ccccc3s2)s1)N1CCCC(c2nccs2)C1. The smallest absolute Gasteiger partial charge is 0.263 e. The zero-order valence-electron chi connectivity index (χ0n) is 14.5. The van der Waals surface area contributed by atoms with Gasteiger partial charge in [-0.2, -0.15) is 0 Å². The number of thiazole rings is 2. The van der Waals surface area contributed by atoms with Crippen molar-refractivity contribution in [2.75, 3.05) is 13.1 Å². The molecule has 0 N–H and O–H groups in total. The highest BCUT2D eigenvalue weighted by Gasteiger charge is 2.27. The molecule has 4 heterocycles. The van der Waals surface area contributed by atoms with E-state index in [9.17, 15) is 4.79 Å². The van der Waals surface area contributed by atoms with Gasteiger partial charge >= 0.3 is 0 Å². The average Bonchev–Trinajstić information content (AvgIpc) is 3.47. The number of aromatic nitrogens is 2. The number of piperidine rings is 1. The van der Waals surface area contributed by atoms with Crippen molar-refractivity contribution in [3.8, 4) is 9.88 Å². The number of rotatable bonds is 3. The van der Waals surface area contributed by atoms with Crippen molar-refractivity contribution in [1.29, 1.82) is 0 Å². The summed E-state index contributed by atoms with van der Waals surface area (Å²) >= 11 is 4.91. The molecule has 3 aromatic heterocycles. The molecular weight excluding hydrogens is 394 g/mol. The molecule has 0 saturated carbocycles. The molecule has 136 valence electrons. The summed E-state index contributed by atoms with van der Waals surface area (Å²) in [6.45, 7) is 1.59. The van der Waals surface area contributed by atoms with Crippen LogP contribution < -0.4 is 0 Å². The lowest BCUT2D eigenvalue weighted by molar-refractivity contribution is 0.0712. The maximum atomic E-state index is 13.0. The quantitative estimate of drug-likeness (QED) is 0.447. The molecule has 0 spiro atoms. The molecule has 0 radical (unpaired) electrons. The van der Waals surface area contributed by atoms with Crippen LogP contribution in [0.5, 0.6) is 0 Å². The van der Waals surface area contributed by atoms with E-state index in [1.165, 1.54) is 4.70 Å². The van der Waals surface area contributed by atoms with Crippen LogP contribution in [0.3, 0.4) is 0 Å². The summed E-state index contributed by atoms with van der Waals surface area (Å²) in [5.41, 5.74) is 1.01. The first-order chi connectivity index (χ1) is 13.3. The molecule has 1 aliphatic heterocycles. The van der Waals surface area contributed by atoms with Crippen LogP contribution in [0.4, 0.5) is 0 Å². The summed E-state index contributed by atoms with van der Waals surface area (Å²) in [6, 6.07) is 12.1. The molecule has 1 aliphatic rings. The Balaban J connectivity index is 1.36. The van der Waals surface area contributed by atoms with Gasteiger partial charge in [-0.1, -0.05) is 12.1 Å². The van der Waals surface area contributed by atoms with Crippen molar-refractivity contribution in [1.82, 2.24) is 14.9 Å². The number of likely N-dealkylation sites (tertiary alicyclic amines) is 1. The predicted octanol–water partition coefficient (Wildman–Crippen LogP) is 5.50. The van der Waals surface area contributed by atoms with Gasteiger partial charge in [0.15, 0.2) is 0 Å². The predicted molar refractivity (Wildman–Crippen MR) is 113 cm³/mol. The summed E-state index contributed by atoms with van der Waals surface area (Å²) in [7, 11) is 0. The van der Waals surface area contributed by atoms with Crippen LogP contribution in [0, 0.1) is 0 Å². The van der Waals surface area contributed by atoms with Gasteiger partial charge in [-0.3, -0.25) is 4.79 Å². The molecule has 1 saturated heterocycles. The molecular formula is C20H17N3OS3. The minimum atomic E-state index is 0.133. The number of fused-ring (bicyclic) bond motifs is 1. The standard InChI is InChI=1S/C20H17N3OS3/c24-20(23-10-3-4-13(12-23)18-21-9-11-25-18)17-8-7-16(26-17)19-22-14-5-1-2-6-15(14)27-19/h1-2,5-9,11,13H,3-4,10,12H2. The Bertz CT molecular complexity index is 1050. The van der Waals surface area contributed by atoms with E-state index in [4.69, 9.17) is 4.98 Å². The second kappa shape index (κ2) is 7.14. The van der Waals surface area contributed by atoms with E-state index >= 15 is 0 Å². The normalized spacial score (nSPS) is 17.5. The molecule has 0 bridgehead atoms.